The summed E-state index contributed by atoms with van der Waals surface area (Å²) in [6.07, 6.45) is 42.6. The van der Waals surface area contributed by atoms with E-state index in [4.69, 9.17) is 4.52 Å². The van der Waals surface area contributed by atoms with Crippen LogP contribution in [0.15, 0.2) is 0 Å². The van der Waals surface area contributed by atoms with Crippen molar-refractivity contribution in [3.8, 4) is 0 Å². The van der Waals surface area contributed by atoms with E-state index < -0.39 is 5.92 Å². The van der Waals surface area contributed by atoms with Gasteiger partial charge in [0, 0.05) is 6.42 Å². The highest BCUT2D eigenvalue weighted by molar-refractivity contribution is 7.53. The maximum atomic E-state index is 13.2. The summed E-state index contributed by atoms with van der Waals surface area (Å²) < 4.78 is 6.60. The summed E-state index contributed by atoms with van der Waals surface area (Å²) in [4.78, 5) is 26.3. The first-order valence-electron chi connectivity index (χ1n) is 21.6. The SMILES string of the molecule is CCCCCCCCCCCCCCCCCCC(C(=O)CCCCCCCCCCCCCCCCC)C(=O)POCC[N+](C)(C)C. The molecule has 0 saturated carbocycles. The lowest BCUT2D eigenvalue weighted by Gasteiger charge is -2.23. The minimum Gasteiger partial charge on any atom is -0.349 e. The van der Waals surface area contributed by atoms with Crippen LogP contribution in [0.5, 0.6) is 0 Å². The number of hydrogen-bond donors (Lipinski definition) is 0. The van der Waals surface area contributed by atoms with Crippen molar-refractivity contribution < 1.29 is 18.6 Å². The predicted molar refractivity (Wildman–Crippen MR) is 214 cm³/mol. The minimum atomic E-state index is -0.439. The Labute approximate surface area is 303 Å². The zero-order valence-corrected chi connectivity index (χ0v) is 34.5. The number of carbonyl (C=O) groups excluding carboxylic acids is 2. The summed E-state index contributed by atoms with van der Waals surface area (Å²) >= 11 is 0. The van der Waals surface area contributed by atoms with E-state index in [1.54, 1.807) is 0 Å². The monoisotopic (exact) mass is 697 g/mol. The van der Waals surface area contributed by atoms with Crippen molar-refractivity contribution in [2.75, 3.05) is 34.3 Å². The minimum absolute atomic E-state index is 0.0447. The van der Waals surface area contributed by atoms with Gasteiger partial charge in [-0.05, 0) is 12.8 Å². The van der Waals surface area contributed by atoms with Crippen LogP contribution in [0.3, 0.4) is 0 Å². The maximum absolute atomic E-state index is 13.2. The van der Waals surface area contributed by atoms with Crippen molar-refractivity contribution in [1.82, 2.24) is 0 Å². The molecule has 0 saturated heterocycles. The van der Waals surface area contributed by atoms with E-state index in [1.807, 2.05) is 0 Å². The van der Waals surface area contributed by atoms with Gasteiger partial charge in [-0.3, -0.25) is 9.59 Å². The topological polar surface area (TPSA) is 43.4 Å². The molecule has 5 heteroatoms. The second-order valence-corrected chi connectivity index (χ2v) is 17.1. The lowest BCUT2D eigenvalue weighted by atomic mass is 9.93. The molecule has 0 bridgehead atoms. The lowest BCUT2D eigenvalue weighted by molar-refractivity contribution is -0.870. The third-order valence-corrected chi connectivity index (χ3v) is 11.0. The molecule has 0 rings (SSSR count). The number of carbonyl (C=O) groups is 2. The highest BCUT2D eigenvalue weighted by atomic mass is 31.1. The van der Waals surface area contributed by atoms with Crippen LogP contribution in [0.25, 0.3) is 0 Å². The van der Waals surface area contributed by atoms with Gasteiger partial charge in [-0.25, -0.2) is 0 Å². The van der Waals surface area contributed by atoms with Crippen LogP contribution >= 0.6 is 8.81 Å². The molecule has 0 spiro atoms. The molecular formula is C43H87NO3P+. The molecule has 0 aliphatic rings. The molecule has 0 aliphatic carbocycles. The molecule has 2 atom stereocenters. The Hall–Kier alpha value is -0.310. The number of ketones is 1. The molecule has 0 amide bonds. The van der Waals surface area contributed by atoms with Crippen molar-refractivity contribution in [1.29, 1.82) is 0 Å². The van der Waals surface area contributed by atoms with Gasteiger partial charge in [-0.1, -0.05) is 206 Å². The van der Waals surface area contributed by atoms with Gasteiger partial charge in [-0.15, -0.1) is 0 Å². The number of unbranched alkanes of at least 4 members (excludes halogenated alkanes) is 29. The normalized spacial score (nSPS) is 12.8. The Bertz CT molecular complexity index is 692. The fourth-order valence-electron chi connectivity index (χ4n) is 6.69. The summed E-state index contributed by atoms with van der Waals surface area (Å²) in [5, 5.41) is 0. The second kappa shape index (κ2) is 36.5. The number of nitrogens with zero attached hydrogens (tertiary/aromatic N) is 1. The first-order valence-corrected chi connectivity index (χ1v) is 22.5. The van der Waals surface area contributed by atoms with E-state index in [0.717, 1.165) is 43.1 Å². The van der Waals surface area contributed by atoms with Crippen LogP contribution in [0, 0.1) is 5.92 Å². The van der Waals surface area contributed by atoms with E-state index in [9.17, 15) is 9.59 Å². The van der Waals surface area contributed by atoms with Crippen LogP contribution < -0.4 is 0 Å². The number of likely N-dealkylation sites (N-methyl/N-ethyl adjacent to an activating group) is 1. The van der Waals surface area contributed by atoms with Gasteiger partial charge in [0.25, 0.3) is 0 Å². The van der Waals surface area contributed by atoms with Gasteiger partial charge >= 0.3 is 0 Å². The highest BCUT2D eigenvalue weighted by Gasteiger charge is 2.26. The first-order chi connectivity index (χ1) is 23.3. The zero-order valence-electron chi connectivity index (χ0n) is 33.5. The second-order valence-electron chi connectivity index (χ2n) is 16.1. The van der Waals surface area contributed by atoms with Gasteiger partial charge in [0.15, 0.2) is 5.52 Å². The fraction of sp³-hybridized carbons (Fsp3) is 0.953. The van der Waals surface area contributed by atoms with E-state index in [0.29, 0.717) is 13.0 Å². The fourth-order valence-corrected chi connectivity index (χ4v) is 7.48. The van der Waals surface area contributed by atoms with Gasteiger partial charge < -0.3 is 9.01 Å². The van der Waals surface area contributed by atoms with Crippen LogP contribution in [0.1, 0.15) is 226 Å². The van der Waals surface area contributed by atoms with Crippen LogP contribution in [-0.2, 0) is 14.1 Å². The molecular weight excluding hydrogens is 609 g/mol. The van der Waals surface area contributed by atoms with Gasteiger partial charge in [0.05, 0.1) is 35.9 Å². The Morgan fingerprint density at radius 1 is 0.479 bits per heavy atom. The average molecular weight is 697 g/mol. The molecule has 4 nitrogen and oxygen atoms in total. The summed E-state index contributed by atoms with van der Waals surface area (Å²) in [7, 11) is 6.21. The van der Waals surface area contributed by atoms with E-state index in [1.165, 1.54) is 173 Å². The maximum Gasteiger partial charge on any atom is 0.189 e. The summed E-state index contributed by atoms with van der Waals surface area (Å²) in [5.41, 5.74) is 0.0447. The third kappa shape index (κ3) is 35.5. The molecule has 0 aromatic rings. The first kappa shape index (κ1) is 47.7. The Balaban J connectivity index is 4.09. The Kier molecular flexibility index (Phi) is 36.2. The molecule has 0 N–H and O–H groups in total. The number of quaternary nitrogens is 1. The largest absolute Gasteiger partial charge is 0.349 e. The van der Waals surface area contributed by atoms with E-state index in [2.05, 4.69) is 35.0 Å². The molecule has 0 aromatic heterocycles. The number of Topliss-reactive ketones (excluding diaryl/α,β-unsaturated/α-hetero) is 1. The molecule has 286 valence electrons. The highest BCUT2D eigenvalue weighted by Crippen LogP contribution is 2.27. The Morgan fingerprint density at radius 2 is 0.792 bits per heavy atom. The van der Waals surface area contributed by atoms with Crippen molar-refractivity contribution in [3.05, 3.63) is 0 Å². The average Bonchev–Trinajstić information content (AvgIpc) is 3.05. The summed E-state index contributed by atoms with van der Waals surface area (Å²) in [6, 6.07) is 0. The van der Waals surface area contributed by atoms with E-state index >= 15 is 0 Å². The number of rotatable bonds is 40. The quantitative estimate of drug-likeness (QED) is 0.0277. The van der Waals surface area contributed by atoms with Gasteiger partial charge in [-0.2, -0.15) is 0 Å². The molecule has 2 unspecified atom stereocenters. The predicted octanol–water partition coefficient (Wildman–Crippen LogP) is 13.9. The molecule has 0 heterocycles. The van der Waals surface area contributed by atoms with Crippen molar-refractivity contribution in [3.63, 3.8) is 0 Å². The number of hydrogen-bond acceptors (Lipinski definition) is 3. The molecule has 0 fully saturated rings. The standard InChI is InChI=1S/C43H87NO3P/c1-6-8-10-12-14-16-18-20-22-24-25-27-29-31-33-35-37-41(43(46)48-47-40-39-44(3,4)5)42(45)38-36-34-32-30-28-26-23-21-19-17-15-13-11-9-7-2/h41,48H,6-40H2,1-5H3/q+1. The van der Waals surface area contributed by atoms with E-state index in [-0.39, 0.29) is 20.1 Å². The molecule has 0 aromatic carbocycles. The van der Waals surface area contributed by atoms with Gasteiger partial charge in [0.2, 0.25) is 0 Å². The van der Waals surface area contributed by atoms with Gasteiger partial charge in [0.1, 0.15) is 18.9 Å². The Morgan fingerprint density at radius 3 is 1.12 bits per heavy atom. The molecule has 0 radical (unpaired) electrons. The van der Waals surface area contributed by atoms with Crippen LogP contribution in [-0.4, -0.2) is 50.1 Å². The lowest BCUT2D eigenvalue weighted by Crippen LogP contribution is -2.37. The summed E-state index contributed by atoms with van der Waals surface area (Å²) in [6.45, 7) is 6.02. The van der Waals surface area contributed by atoms with Crippen LogP contribution in [0.2, 0.25) is 0 Å². The summed E-state index contributed by atoms with van der Waals surface area (Å²) in [5.74, 6) is -0.260. The van der Waals surface area contributed by atoms with Crippen molar-refractivity contribution >= 4 is 20.1 Å². The zero-order chi connectivity index (χ0) is 35.4. The molecule has 48 heavy (non-hydrogen) atoms. The third-order valence-electron chi connectivity index (χ3n) is 10.1. The van der Waals surface area contributed by atoms with Crippen molar-refractivity contribution in [2.45, 2.75) is 226 Å². The van der Waals surface area contributed by atoms with Crippen LogP contribution in [0.4, 0.5) is 0 Å². The van der Waals surface area contributed by atoms with Crippen molar-refractivity contribution in [2.24, 2.45) is 5.92 Å². The molecule has 0 aliphatic heterocycles. The smallest absolute Gasteiger partial charge is 0.189 e.